The van der Waals surface area contributed by atoms with Crippen molar-refractivity contribution in [3.05, 3.63) is 182 Å². The van der Waals surface area contributed by atoms with Gasteiger partial charge in [-0.05, 0) is 107 Å². The number of hydrogen-bond donors (Lipinski definition) is 0. The van der Waals surface area contributed by atoms with Gasteiger partial charge in [0, 0.05) is 40.3 Å². The van der Waals surface area contributed by atoms with Crippen LogP contribution in [0.1, 0.15) is 0 Å². The van der Waals surface area contributed by atoms with E-state index in [9.17, 15) is 0 Å². The summed E-state index contributed by atoms with van der Waals surface area (Å²) in [6.07, 6.45) is 0. The number of rotatable bonds is 3. The van der Waals surface area contributed by atoms with Crippen LogP contribution in [0.5, 0.6) is 0 Å². The summed E-state index contributed by atoms with van der Waals surface area (Å²) in [5, 5.41) is 15.6. The molecule has 0 fully saturated rings. The molecule has 0 saturated carbocycles. The van der Waals surface area contributed by atoms with Crippen LogP contribution in [0.4, 0.5) is 0 Å². The first kappa shape index (κ1) is 30.2. The van der Waals surface area contributed by atoms with Crippen LogP contribution >= 0.6 is 22.7 Å². The van der Waals surface area contributed by atoms with Gasteiger partial charge in [0.15, 0.2) is 0 Å². The van der Waals surface area contributed by atoms with Gasteiger partial charge in [0.2, 0.25) is 0 Å². The molecular weight excluding hydrogens is 689 g/mol. The van der Waals surface area contributed by atoms with Gasteiger partial charge >= 0.3 is 0 Å². The largest absolute Gasteiger partial charge is 0.135 e. The molecular formula is C52H30S2. The van der Waals surface area contributed by atoms with Crippen LogP contribution in [0.25, 0.3) is 117 Å². The summed E-state index contributed by atoms with van der Waals surface area (Å²) in [6.45, 7) is 0. The van der Waals surface area contributed by atoms with Gasteiger partial charge in [-0.1, -0.05) is 152 Å². The van der Waals surface area contributed by atoms with E-state index in [1.54, 1.807) is 0 Å². The molecule has 2 heterocycles. The summed E-state index contributed by atoms with van der Waals surface area (Å²) < 4.78 is 5.43. The molecule has 0 amide bonds. The number of benzene rings is 10. The monoisotopic (exact) mass is 718 g/mol. The molecule has 0 aliphatic rings. The van der Waals surface area contributed by atoms with Gasteiger partial charge in [-0.2, -0.15) is 0 Å². The van der Waals surface area contributed by atoms with Crippen LogP contribution in [-0.2, 0) is 0 Å². The zero-order chi connectivity index (χ0) is 35.3. The molecule has 0 nitrogen and oxygen atoms in total. The van der Waals surface area contributed by atoms with Crippen molar-refractivity contribution in [1.29, 1.82) is 0 Å². The van der Waals surface area contributed by atoms with E-state index in [4.69, 9.17) is 0 Å². The Hall–Kier alpha value is -6.32. The Labute approximate surface area is 319 Å². The molecule has 0 saturated heterocycles. The summed E-state index contributed by atoms with van der Waals surface area (Å²) in [5.74, 6) is 0. The lowest BCUT2D eigenvalue weighted by atomic mass is 9.84. The van der Waals surface area contributed by atoms with Gasteiger partial charge in [-0.3, -0.25) is 0 Å². The Morgan fingerprint density at radius 3 is 1.50 bits per heavy atom. The molecule has 0 unspecified atom stereocenters. The van der Waals surface area contributed by atoms with Crippen molar-refractivity contribution < 1.29 is 0 Å². The fourth-order valence-corrected chi connectivity index (χ4v) is 11.6. The van der Waals surface area contributed by atoms with E-state index in [0.717, 1.165) is 0 Å². The Kier molecular flexibility index (Phi) is 6.48. The van der Waals surface area contributed by atoms with Gasteiger partial charge in [-0.15, -0.1) is 22.7 Å². The Morgan fingerprint density at radius 2 is 0.796 bits per heavy atom. The number of fused-ring (bicyclic) bond motifs is 11. The molecule has 54 heavy (non-hydrogen) atoms. The minimum absolute atomic E-state index is 1.24. The predicted molar refractivity (Wildman–Crippen MR) is 239 cm³/mol. The molecule has 0 N–H and O–H groups in total. The standard InChI is InChI=1S/C52H30S2/c1-2-14-36-31(12-1)13-11-21-37(36)49-40-17-5-3-15-38(40)48(39-16-4-6-18-41(39)49)35-27-25-32-28-34(26-24-33(32)29-35)44-30-47-51(43-20-8-9-22-45(43)53-47)52-50(44)42-19-7-10-23-46(42)54-52/h1-30H. The first-order chi connectivity index (χ1) is 26.8. The second-order valence-electron chi connectivity index (χ2n) is 14.3. The molecule has 250 valence electrons. The third-order valence-corrected chi connectivity index (χ3v) is 13.7. The van der Waals surface area contributed by atoms with Crippen LogP contribution in [0, 0.1) is 0 Å². The van der Waals surface area contributed by atoms with Crippen molar-refractivity contribution in [2.24, 2.45) is 0 Å². The van der Waals surface area contributed by atoms with Crippen molar-refractivity contribution in [3.8, 4) is 33.4 Å². The highest BCUT2D eigenvalue weighted by Crippen LogP contribution is 2.50. The van der Waals surface area contributed by atoms with Crippen LogP contribution in [0.15, 0.2) is 182 Å². The Morgan fingerprint density at radius 1 is 0.278 bits per heavy atom. The fourth-order valence-electron chi connectivity index (χ4n) is 9.06. The van der Waals surface area contributed by atoms with Crippen LogP contribution in [-0.4, -0.2) is 0 Å². The maximum atomic E-state index is 2.45. The van der Waals surface area contributed by atoms with E-state index < -0.39 is 0 Å². The zero-order valence-corrected chi connectivity index (χ0v) is 30.8. The summed E-state index contributed by atoms with van der Waals surface area (Å²) in [5.41, 5.74) is 7.68. The highest BCUT2D eigenvalue weighted by atomic mass is 32.1. The fraction of sp³-hybridized carbons (Fsp3) is 0. The van der Waals surface area contributed by atoms with Gasteiger partial charge in [0.05, 0.1) is 0 Å². The molecule has 12 aromatic rings. The molecule has 2 aromatic heterocycles. The van der Waals surface area contributed by atoms with Crippen LogP contribution in [0.3, 0.4) is 0 Å². The molecule has 0 radical (unpaired) electrons. The average molecular weight is 719 g/mol. The second kappa shape index (κ2) is 11.6. The predicted octanol–water partition coefficient (Wildman–Crippen LogP) is 16.0. The van der Waals surface area contributed by atoms with Gasteiger partial charge in [-0.25, -0.2) is 0 Å². The smallest absolute Gasteiger partial charge is 0.0454 e. The van der Waals surface area contributed by atoms with Crippen molar-refractivity contribution in [2.45, 2.75) is 0 Å². The van der Waals surface area contributed by atoms with Crippen LogP contribution in [0.2, 0.25) is 0 Å². The Bertz CT molecular complexity index is 3440. The molecule has 0 spiro atoms. The highest BCUT2D eigenvalue weighted by molar-refractivity contribution is 7.30. The second-order valence-corrected chi connectivity index (χ2v) is 16.5. The summed E-state index contributed by atoms with van der Waals surface area (Å²) in [7, 11) is 0. The lowest BCUT2D eigenvalue weighted by Crippen LogP contribution is -1.91. The maximum absolute atomic E-state index is 2.45. The van der Waals surface area contributed by atoms with E-state index in [1.165, 1.54) is 117 Å². The molecule has 0 bridgehead atoms. The summed E-state index contributed by atoms with van der Waals surface area (Å²) >= 11 is 3.84. The van der Waals surface area contributed by atoms with E-state index in [1.807, 2.05) is 22.7 Å². The van der Waals surface area contributed by atoms with E-state index in [0.29, 0.717) is 0 Å². The minimum Gasteiger partial charge on any atom is -0.135 e. The lowest BCUT2D eigenvalue weighted by Gasteiger charge is -2.19. The molecule has 12 rings (SSSR count). The summed E-state index contributed by atoms with van der Waals surface area (Å²) in [6, 6.07) is 67.8. The third kappa shape index (κ3) is 4.36. The van der Waals surface area contributed by atoms with Crippen molar-refractivity contribution in [2.75, 3.05) is 0 Å². The highest BCUT2D eigenvalue weighted by Gasteiger charge is 2.20. The van der Waals surface area contributed by atoms with Crippen molar-refractivity contribution >= 4 is 106 Å². The van der Waals surface area contributed by atoms with E-state index in [2.05, 4.69) is 182 Å². The number of thiophene rings is 2. The van der Waals surface area contributed by atoms with E-state index in [-0.39, 0.29) is 0 Å². The molecule has 0 aliphatic heterocycles. The normalized spacial score (nSPS) is 12.1. The van der Waals surface area contributed by atoms with Gasteiger partial charge in [0.25, 0.3) is 0 Å². The molecule has 0 aliphatic carbocycles. The number of hydrogen-bond acceptors (Lipinski definition) is 2. The zero-order valence-electron chi connectivity index (χ0n) is 29.1. The first-order valence-corrected chi connectivity index (χ1v) is 20.1. The summed E-state index contributed by atoms with van der Waals surface area (Å²) in [4.78, 5) is 0. The van der Waals surface area contributed by atoms with Gasteiger partial charge in [0.1, 0.15) is 0 Å². The first-order valence-electron chi connectivity index (χ1n) is 18.5. The third-order valence-electron chi connectivity index (χ3n) is 11.4. The molecule has 2 heteroatoms. The van der Waals surface area contributed by atoms with Gasteiger partial charge < -0.3 is 0 Å². The average Bonchev–Trinajstić information content (AvgIpc) is 3.81. The molecule has 0 atom stereocenters. The minimum atomic E-state index is 1.24. The Balaban J connectivity index is 1.07. The van der Waals surface area contributed by atoms with Crippen molar-refractivity contribution in [1.82, 2.24) is 0 Å². The quantitative estimate of drug-likeness (QED) is 0.160. The molecule has 10 aromatic carbocycles. The maximum Gasteiger partial charge on any atom is 0.0454 e. The van der Waals surface area contributed by atoms with Crippen molar-refractivity contribution in [3.63, 3.8) is 0 Å². The van der Waals surface area contributed by atoms with Crippen LogP contribution < -0.4 is 0 Å². The lowest BCUT2D eigenvalue weighted by molar-refractivity contribution is 1.68. The van der Waals surface area contributed by atoms with E-state index >= 15 is 0 Å². The SMILES string of the molecule is c1ccc2c(-c3c4ccccc4c(-c4ccc5cc(-c6cc7sc8ccccc8c7c7sc8ccccc8c67)ccc5c4)c4ccccc34)cccc2c1. The topological polar surface area (TPSA) is 0 Å².